The Morgan fingerprint density at radius 2 is 1.43 bits per heavy atom. The molecule has 0 aliphatic carbocycles. The van der Waals surface area contributed by atoms with Crippen LogP contribution in [-0.2, 0) is 49.6 Å². The Morgan fingerprint density at radius 3 is 1.95 bits per heavy atom. The molecule has 19 heteroatoms. The van der Waals surface area contributed by atoms with Gasteiger partial charge in [-0.15, -0.1) is 0 Å². The number of rotatable bonds is 21. The van der Waals surface area contributed by atoms with E-state index in [1.165, 1.54) is 0 Å². The summed E-state index contributed by atoms with van der Waals surface area (Å²) < 4.78 is 0. The monoisotopic (exact) mass is 711 g/mol. The quantitative estimate of drug-likeness (QED) is 0.0253. The van der Waals surface area contributed by atoms with Gasteiger partial charge in [0.2, 0.25) is 23.6 Å². The molecule has 40 heavy (non-hydrogen) atoms. The molecule has 0 saturated carbocycles. The topological polar surface area (TPSA) is 250 Å². The summed E-state index contributed by atoms with van der Waals surface area (Å²) in [6.45, 7) is 1.10. The van der Waals surface area contributed by atoms with Crippen LogP contribution in [-0.4, -0.2) is 114 Å². The third-order valence-corrected chi connectivity index (χ3v) is 5.60. The second kappa shape index (κ2) is 26.2. The van der Waals surface area contributed by atoms with Crippen molar-refractivity contribution in [1.82, 2.24) is 26.2 Å². The molecule has 0 aromatic carbocycles. The molecule has 0 aromatic heterocycles. The fourth-order valence-corrected chi connectivity index (χ4v) is 3.83. The first-order chi connectivity index (χ1) is 18.0. The van der Waals surface area contributed by atoms with Gasteiger partial charge < -0.3 is 43.3 Å². The molecular formula is C21H40N8O7S3Tc-2. The number of carbonyl (C=O) groups is 5. The molecule has 233 valence electrons. The molecule has 0 saturated heterocycles. The van der Waals surface area contributed by atoms with Gasteiger partial charge in [0.1, 0.15) is 12.1 Å². The van der Waals surface area contributed by atoms with Crippen LogP contribution in [0.2, 0.25) is 0 Å². The predicted molar refractivity (Wildman–Crippen MR) is 155 cm³/mol. The average Bonchev–Trinajstić information content (AvgIpc) is 2.84. The maximum Gasteiger partial charge on any atom is 0.305 e. The van der Waals surface area contributed by atoms with Gasteiger partial charge in [-0.05, 0) is 25.0 Å². The largest absolute Gasteiger partial charge is 2.00 e. The number of nitrogens with zero attached hydrogens (tertiary/aromatic N) is 2. The van der Waals surface area contributed by atoms with Gasteiger partial charge in [0.05, 0.1) is 19.5 Å². The van der Waals surface area contributed by atoms with Crippen LogP contribution >= 0.6 is 37.9 Å². The fourth-order valence-electron chi connectivity index (χ4n) is 3.10. The minimum absolute atomic E-state index is 0. The second-order valence-corrected chi connectivity index (χ2v) is 9.44. The standard InChI is InChI=1S/C21H40N8O6S3.O.Tc/c22-21(23)25-4-1-3-14(27-17(31)13-29(6-9-37)7-10-38)19(34)26-12-16(30)28-15(11-18(32)33)20(35)24-5-2-8-36;;/h14-15,36-38H,1-13H2,(H,24,35)(H,26,34)(H,27,31)(H,28,30)(H,32,33)(H4,22,23,25);;/q;-2;/t14-,15-;;/m0../s1/i;;1+1. The molecule has 0 spiro atoms. The molecule has 9 N–H and O–H groups in total. The second-order valence-electron chi connectivity index (χ2n) is 8.10. The molecule has 0 bridgehead atoms. The normalized spacial score (nSPS) is 11.6. The van der Waals surface area contributed by atoms with Gasteiger partial charge in [-0.25, -0.2) is 0 Å². The van der Waals surface area contributed by atoms with Gasteiger partial charge in [0.15, 0.2) is 5.96 Å². The van der Waals surface area contributed by atoms with E-state index in [-0.39, 0.29) is 57.6 Å². The Bertz CT molecular complexity index is 804. The molecule has 2 atom stereocenters. The van der Waals surface area contributed by atoms with E-state index in [1.54, 1.807) is 0 Å². The maximum atomic E-state index is 12.8. The summed E-state index contributed by atoms with van der Waals surface area (Å²) in [6.07, 6.45) is 0.484. The smallest absolute Gasteiger partial charge is 0.305 e. The summed E-state index contributed by atoms with van der Waals surface area (Å²) in [6, 6.07) is -2.31. The summed E-state index contributed by atoms with van der Waals surface area (Å²) in [5.41, 5.74) is 10.6. The van der Waals surface area contributed by atoms with Crippen molar-refractivity contribution in [3.05, 3.63) is 0 Å². The summed E-state index contributed by atoms with van der Waals surface area (Å²) >= 11 is 12.4. The van der Waals surface area contributed by atoms with Crippen LogP contribution in [0.3, 0.4) is 0 Å². The van der Waals surface area contributed by atoms with Gasteiger partial charge in [-0.1, -0.05) is 0 Å². The van der Waals surface area contributed by atoms with E-state index in [0.29, 0.717) is 43.2 Å². The van der Waals surface area contributed by atoms with E-state index in [2.05, 4.69) is 64.1 Å². The number of carboxylic acids is 1. The van der Waals surface area contributed by atoms with E-state index in [9.17, 15) is 24.0 Å². The first kappa shape index (κ1) is 42.7. The van der Waals surface area contributed by atoms with E-state index < -0.39 is 54.6 Å². The van der Waals surface area contributed by atoms with Gasteiger partial charge in [-0.2, -0.15) is 37.9 Å². The maximum absolute atomic E-state index is 12.8. The van der Waals surface area contributed by atoms with Crippen LogP contribution < -0.4 is 32.7 Å². The first-order valence-electron chi connectivity index (χ1n) is 12.0. The molecule has 0 heterocycles. The molecule has 0 aliphatic heterocycles. The van der Waals surface area contributed by atoms with Crippen molar-refractivity contribution in [3.63, 3.8) is 0 Å². The third-order valence-electron chi connectivity index (χ3n) is 4.88. The molecule has 0 rings (SSSR count). The zero-order valence-corrected chi connectivity index (χ0v) is 26.6. The zero-order chi connectivity index (χ0) is 28.9. The minimum atomic E-state index is -1.32. The molecule has 4 amide bonds. The summed E-state index contributed by atoms with van der Waals surface area (Å²) in [5, 5.41) is 19.0. The van der Waals surface area contributed by atoms with Crippen LogP contribution in [0, 0.1) is 0 Å². The molecule has 0 aliphatic rings. The Kier molecular flexibility index (Phi) is 27.9. The van der Waals surface area contributed by atoms with Crippen LogP contribution in [0.25, 0.3) is 0 Å². The van der Waals surface area contributed by atoms with Crippen molar-refractivity contribution in [1.29, 1.82) is 0 Å². The molecule has 0 unspecified atom stereocenters. The van der Waals surface area contributed by atoms with Crippen molar-refractivity contribution < 1.29 is 54.7 Å². The zero-order valence-electron chi connectivity index (χ0n) is 22.0. The number of nitrogens with two attached hydrogens (primary N) is 2. The number of carbonyl (C=O) groups excluding carboxylic acids is 4. The summed E-state index contributed by atoms with van der Waals surface area (Å²) in [4.78, 5) is 66.8. The summed E-state index contributed by atoms with van der Waals surface area (Å²) in [5.74, 6) is -2.26. The first-order valence-corrected chi connectivity index (χ1v) is 13.9. The van der Waals surface area contributed by atoms with E-state index in [1.807, 2.05) is 4.90 Å². The van der Waals surface area contributed by atoms with E-state index in [4.69, 9.17) is 16.6 Å². The van der Waals surface area contributed by atoms with Crippen LogP contribution in [0.15, 0.2) is 4.99 Å². The van der Waals surface area contributed by atoms with Crippen LogP contribution in [0.4, 0.5) is 0 Å². The molecule has 0 fully saturated rings. The minimum Gasteiger partial charge on any atom is -2.00 e. The number of hydrogen-bond donors (Lipinski definition) is 10. The number of aliphatic carboxylic acids is 1. The van der Waals surface area contributed by atoms with Crippen molar-refractivity contribution in [2.45, 2.75) is 37.8 Å². The van der Waals surface area contributed by atoms with Gasteiger partial charge in [0.25, 0.3) is 0 Å². The molecule has 15 nitrogen and oxygen atoms in total. The Labute approximate surface area is 264 Å². The number of aliphatic imine (C=N–C) groups is 1. The Balaban J connectivity index is -0.00000684. The van der Waals surface area contributed by atoms with E-state index >= 15 is 0 Å². The van der Waals surface area contributed by atoms with Gasteiger partial charge >= 0.3 is 5.97 Å². The van der Waals surface area contributed by atoms with Gasteiger partial charge in [-0.3, -0.25) is 33.9 Å². The Hall–Kier alpha value is -1.76. The summed E-state index contributed by atoms with van der Waals surface area (Å²) in [7, 11) is 0. The fraction of sp³-hybridized carbons (Fsp3) is 0.714. The van der Waals surface area contributed by atoms with Crippen molar-refractivity contribution in [3.8, 4) is 0 Å². The number of nitrogens with one attached hydrogen (secondary N) is 4. The number of carboxylic acid groups (broad SMARTS) is 1. The number of thiol groups is 3. The van der Waals surface area contributed by atoms with Crippen LogP contribution in [0.5, 0.6) is 0 Å². The molecular weight excluding hydrogens is 671 g/mol. The van der Waals surface area contributed by atoms with Crippen LogP contribution in [0.1, 0.15) is 25.7 Å². The van der Waals surface area contributed by atoms with Gasteiger partial charge in [0, 0.05) is 57.8 Å². The Morgan fingerprint density at radius 1 is 0.850 bits per heavy atom. The SMILES string of the molecule is NC(N)=NCCC[C@H](NC(=O)CN(CCS)CCS)C(=O)NCC(=O)N[C@@H](CC(=O)O)C(=O)NCCCS.[99Tc].[O-2]. The molecule has 0 aromatic rings. The predicted octanol–water partition coefficient (Wildman–Crippen LogP) is -2.92. The number of hydrogen-bond acceptors (Lipinski definition) is 10. The average molecular weight is 712 g/mol. The van der Waals surface area contributed by atoms with E-state index in [0.717, 1.165) is 0 Å². The molecule has 1 radical (unpaired) electrons. The van der Waals surface area contributed by atoms with Crippen molar-refractivity contribution in [2.24, 2.45) is 16.5 Å². The third kappa shape index (κ3) is 22.0. The number of guanidine groups is 1. The van der Waals surface area contributed by atoms with Crippen molar-refractivity contribution in [2.75, 3.05) is 56.5 Å². The number of amides is 4. The van der Waals surface area contributed by atoms with Crippen molar-refractivity contribution >= 4 is 73.4 Å².